The Balaban J connectivity index is 1.54. The number of pyridine rings is 1. The van der Waals surface area contributed by atoms with Crippen molar-refractivity contribution in [1.29, 1.82) is 0 Å². The van der Waals surface area contributed by atoms with E-state index >= 15 is 0 Å². The summed E-state index contributed by atoms with van der Waals surface area (Å²) in [6.07, 6.45) is 6.47. The van der Waals surface area contributed by atoms with Crippen LogP contribution in [-0.4, -0.2) is 30.5 Å². The molecule has 0 radical (unpaired) electrons. The molecule has 0 bridgehead atoms. The van der Waals surface area contributed by atoms with Crippen molar-refractivity contribution in [3.8, 4) is 45.4 Å². The Hall–Kier alpha value is -3.41. The summed E-state index contributed by atoms with van der Waals surface area (Å²) in [6.45, 7) is 1.12. The van der Waals surface area contributed by atoms with E-state index in [-0.39, 0.29) is 12.5 Å². The summed E-state index contributed by atoms with van der Waals surface area (Å²) in [5, 5.41) is 14.2. The maximum absolute atomic E-state index is 10.6. The molecule has 1 saturated carbocycles. The normalized spacial score (nSPS) is 15.5. The SMILES string of the molecule is COc1ccc(-c2cc(-c3cccc4c3OCO4)cc(NCC3CCCCC3)n2)c(O)c1. The first-order valence-electron chi connectivity index (χ1n) is 11.2. The molecule has 3 aromatic rings. The molecule has 0 atom stereocenters. The van der Waals surface area contributed by atoms with E-state index in [9.17, 15) is 5.11 Å². The second-order valence-corrected chi connectivity index (χ2v) is 8.43. The Morgan fingerprint density at radius 3 is 2.72 bits per heavy atom. The minimum atomic E-state index is 0.130. The molecule has 5 rings (SSSR count). The van der Waals surface area contributed by atoms with Crippen LogP contribution < -0.4 is 19.5 Å². The van der Waals surface area contributed by atoms with Gasteiger partial charge in [-0.25, -0.2) is 4.98 Å². The Labute approximate surface area is 188 Å². The fraction of sp³-hybridized carbons (Fsp3) is 0.346. The summed E-state index contributed by atoms with van der Waals surface area (Å²) in [6, 6.07) is 15.2. The molecule has 2 heterocycles. The largest absolute Gasteiger partial charge is 0.507 e. The molecule has 1 aliphatic heterocycles. The van der Waals surface area contributed by atoms with Crippen LogP contribution in [0.15, 0.2) is 48.5 Å². The van der Waals surface area contributed by atoms with Crippen LogP contribution in [0.4, 0.5) is 5.82 Å². The molecule has 0 unspecified atom stereocenters. The van der Waals surface area contributed by atoms with E-state index in [1.54, 1.807) is 13.2 Å². The fourth-order valence-electron chi connectivity index (χ4n) is 4.57. The summed E-state index contributed by atoms with van der Waals surface area (Å²) in [4.78, 5) is 4.84. The molecule has 2 aliphatic rings. The van der Waals surface area contributed by atoms with Gasteiger partial charge in [0.2, 0.25) is 6.79 Å². The quantitative estimate of drug-likeness (QED) is 0.509. The highest BCUT2D eigenvalue weighted by molar-refractivity contribution is 5.81. The van der Waals surface area contributed by atoms with Crippen molar-refractivity contribution in [2.24, 2.45) is 5.92 Å². The second-order valence-electron chi connectivity index (χ2n) is 8.43. The third kappa shape index (κ3) is 4.17. The standard InChI is InChI=1S/C26H28N2O4/c1-30-19-10-11-21(23(29)14-19)22-12-18(20-8-5-9-24-26(20)32-16-31-24)13-25(28-22)27-15-17-6-3-2-4-7-17/h5,8-14,17,29H,2-4,6-7,15-16H2,1H3,(H,27,28). The summed E-state index contributed by atoms with van der Waals surface area (Å²) in [5.41, 5.74) is 3.24. The van der Waals surface area contributed by atoms with Gasteiger partial charge in [-0.05, 0) is 54.7 Å². The van der Waals surface area contributed by atoms with E-state index in [0.717, 1.165) is 35.0 Å². The second kappa shape index (κ2) is 8.99. The molecule has 1 aliphatic carbocycles. The van der Waals surface area contributed by atoms with Crippen molar-refractivity contribution >= 4 is 5.82 Å². The molecular formula is C26H28N2O4. The van der Waals surface area contributed by atoms with Gasteiger partial charge in [0.25, 0.3) is 0 Å². The number of nitrogens with one attached hydrogen (secondary N) is 1. The van der Waals surface area contributed by atoms with Crippen LogP contribution in [-0.2, 0) is 0 Å². The van der Waals surface area contributed by atoms with Crippen LogP contribution in [0.5, 0.6) is 23.0 Å². The van der Waals surface area contributed by atoms with E-state index in [1.165, 1.54) is 32.1 Å². The van der Waals surface area contributed by atoms with Gasteiger partial charge in [0, 0.05) is 23.7 Å². The minimum absolute atomic E-state index is 0.130. The number of rotatable bonds is 6. The lowest BCUT2D eigenvalue weighted by Gasteiger charge is -2.22. The Morgan fingerprint density at radius 1 is 1.03 bits per heavy atom. The van der Waals surface area contributed by atoms with Gasteiger partial charge in [-0.3, -0.25) is 0 Å². The lowest BCUT2D eigenvalue weighted by molar-refractivity contribution is 0.174. The van der Waals surface area contributed by atoms with Gasteiger partial charge in [0.15, 0.2) is 11.5 Å². The number of phenols is 1. The molecule has 0 spiro atoms. The van der Waals surface area contributed by atoms with Gasteiger partial charge in [0.05, 0.1) is 12.8 Å². The first kappa shape index (κ1) is 20.5. The number of hydrogen-bond acceptors (Lipinski definition) is 6. The Morgan fingerprint density at radius 2 is 1.91 bits per heavy atom. The smallest absolute Gasteiger partial charge is 0.231 e. The summed E-state index contributed by atoms with van der Waals surface area (Å²) in [5.74, 6) is 3.67. The van der Waals surface area contributed by atoms with Crippen LogP contribution in [0.25, 0.3) is 22.4 Å². The molecular weight excluding hydrogens is 404 g/mol. The number of aromatic hydroxyl groups is 1. The van der Waals surface area contributed by atoms with Crippen LogP contribution in [0, 0.1) is 5.92 Å². The predicted octanol–water partition coefficient (Wildman–Crippen LogP) is 5.85. The highest BCUT2D eigenvalue weighted by Crippen LogP contribution is 2.43. The van der Waals surface area contributed by atoms with Crippen LogP contribution >= 0.6 is 0 Å². The van der Waals surface area contributed by atoms with E-state index in [2.05, 4.69) is 5.32 Å². The summed E-state index contributed by atoms with van der Waals surface area (Å²) < 4.78 is 16.6. The molecule has 6 heteroatoms. The zero-order chi connectivity index (χ0) is 21.9. The summed E-state index contributed by atoms with van der Waals surface area (Å²) in [7, 11) is 1.58. The average molecular weight is 433 g/mol. The van der Waals surface area contributed by atoms with Crippen molar-refractivity contribution in [3.05, 3.63) is 48.5 Å². The fourth-order valence-corrected chi connectivity index (χ4v) is 4.57. The van der Waals surface area contributed by atoms with E-state index < -0.39 is 0 Å². The molecule has 6 nitrogen and oxygen atoms in total. The highest BCUT2D eigenvalue weighted by atomic mass is 16.7. The number of phenolic OH excluding ortho intramolecular Hbond substituents is 1. The topological polar surface area (TPSA) is 72.8 Å². The third-order valence-electron chi connectivity index (χ3n) is 6.31. The van der Waals surface area contributed by atoms with Gasteiger partial charge in [0.1, 0.15) is 17.3 Å². The third-order valence-corrected chi connectivity index (χ3v) is 6.31. The monoisotopic (exact) mass is 432 g/mol. The van der Waals surface area contributed by atoms with E-state index in [4.69, 9.17) is 19.2 Å². The molecule has 1 aromatic heterocycles. The number of methoxy groups -OCH3 is 1. The lowest BCUT2D eigenvalue weighted by atomic mass is 9.89. The molecule has 1 fully saturated rings. The minimum Gasteiger partial charge on any atom is -0.507 e. The molecule has 2 N–H and O–H groups in total. The molecule has 166 valence electrons. The zero-order valence-corrected chi connectivity index (χ0v) is 18.3. The van der Waals surface area contributed by atoms with E-state index in [1.807, 2.05) is 42.5 Å². The van der Waals surface area contributed by atoms with Gasteiger partial charge in [-0.15, -0.1) is 0 Å². The van der Waals surface area contributed by atoms with Crippen molar-refractivity contribution in [3.63, 3.8) is 0 Å². The Bertz CT molecular complexity index is 1110. The van der Waals surface area contributed by atoms with Crippen molar-refractivity contribution < 1.29 is 19.3 Å². The van der Waals surface area contributed by atoms with Gasteiger partial charge >= 0.3 is 0 Å². The predicted molar refractivity (Wildman–Crippen MR) is 125 cm³/mol. The number of hydrogen-bond donors (Lipinski definition) is 2. The zero-order valence-electron chi connectivity index (χ0n) is 18.3. The van der Waals surface area contributed by atoms with Gasteiger partial charge in [-0.2, -0.15) is 0 Å². The molecule has 32 heavy (non-hydrogen) atoms. The average Bonchev–Trinajstić information content (AvgIpc) is 3.32. The van der Waals surface area contributed by atoms with Crippen molar-refractivity contribution in [2.75, 3.05) is 25.8 Å². The summed E-state index contributed by atoms with van der Waals surface area (Å²) >= 11 is 0. The van der Waals surface area contributed by atoms with Crippen LogP contribution in [0.2, 0.25) is 0 Å². The number of anilines is 1. The maximum atomic E-state index is 10.6. The molecule has 0 amide bonds. The number of nitrogens with zero attached hydrogens (tertiary/aromatic N) is 1. The van der Waals surface area contributed by atoms with Crippen molar-refractivity contribution in [2.45, 2.75) is 32.1 Å². The number of aromatic nitrogens is 1. The van der Waals surface area contributed by atoms with Crippen LogP contribution in [0.3, 0.4) is 0 Å². The maximum Gasteiger partial charge on any atom is 0.231 e. The lowest BCUT2D eigenvalue weighted by Crippen LogP contribution is -2.17. The van der Waals surface area contributed by atoms with Crippen LogP contribution in [0.1, 0.15) is 32.1 Å². The number of fused-ring (bicyclic) bond motifs is 1. The molecule has 0 saturated heterocycles. The Kier molecular flexibility index (Phi) is 5.75. The highest BCUT2D eigenvalue weighted by Gasteiger charge is 2.20. The van der Waals surface area contributed by atoms with Gasteiger partial charge < -0.3 is 24.6 Å². The first-order chi connectivity index (χ1) is 15.7. The first-order valence-corrected chi connectivity index (χ1v) is 11.2. The van der Waals surface area contributed by atoms with Crippen molar-refractivity contribution in [1.82, 2.24) is 4.98 Å². The van der Waals surface area contributed by atoms with Gasteiger partial charge in [-0.1, -0.05) is 31.4 Å². The van der Waals surface area contributed by atoms with E-state index in [0.29, 0.717) is 22.9 Å². The number of para-hydroxylation sites is 1. The molecule has 2 aromatic carbocycles. The number of ether oxygens (including phenoxy) is 3. The number of benzene rings is 2.